The normalized spacial score (nSPS) is 23.2. The molecular formula is C9H13N3O. The number of aliphatic hydroxyl groups is 1. The molecule has 13 heavy (non-hydrogen) atoms. The van der Waals surface area contributed by atoms with E-state index < -0.39 is 0 Å². The molecule has 4 heteroatoms. The standard InChI is InChI=1S/C9H13N3O/c13-8-3-2-6-12(7-8)9-4-1-5-10-11-9/h1,4-5,8,13H,2-3,6-7H2/t8-/m0/s1. The van der Waals surface area contributed by atoms with Crippen LogP contribution in [-0.4, -0.2) is 34.5 Å². The molecule has 1 fully saturated rings. The summed E-state index contributed by atoms with van der Waals surface area (Å²) >= 11 is 0. The lowest BCUT2D eigenvalue weighted by Gasteiger charge is -2.30. The lowest BCUT2D eigenvalue weighted by Crippen LogP contribution is -2.38. The summed E-state index contributed by atoms with van der Waals surface area (Å²) in [5.74, 6) is 0.862. The number of anilines is 1. The molecule has 0 amide bonds. The Hall–Kier alpha value is -1.16. The minimum Gasteiger partial charge on any atom is -0.391 e. The fourth-order valence-corrected chi connectivity index (χ4v) is 1.62. The van der Waals surface area contributed by atoms with Gasteiger partial charge in [0.1, 0.15) is 0 Å². The monoisotopic (exact) mass is 179 g/mol. The molecule has 0 saturated carbocycles. The van der Waals surface area contributed by atoms with E-state index in [1.807, 2.05) is 12.1 Å². The highest BCUT2D eigenvalue weighted by Crippen LogP contribution is 2.15. The Morgan fingerprint density at radius 1 is 1.54 bits per heavy atom. The van der Waals surface area contributed by atoms with Crippen molar-refractivity contribution in [2.75, 3.05) is 18.0 Å². The molecule has 1 saturated heterocycles. The Labute approximate surface area is 77.2 Å². The van der Waals surface area contributed by atoms with Gasteiger partial charge < -0.3 is 10.0 Å². The second-order valence-corrected chi connectivity index (χ2v) is 3.32. The summed E-state index contributed by atoms with van der Waals surface area (Å²) in [6, 6.07) is 3.79. The predicted octanol–water partition coefficient (Wildman–Crippen LogP) is 0.438. The first-order valence-electron chi connectivity index (χ1n) is 4.57. The molecule has 1 aromatic heterocycles. The van der Waals surface area contributed by atoms with Gasteiger partial charge in [-0.05, 0) is 25.0 Å². The van der Waals surface area contributed by atoms with Crippen LogP contribution in [-0.2, 0) is 0 Å². The van der Waals surface area contributed by atoms with Gasteiger partial charge in [0.05, 0.1) is 6.10 Å². The van der Waals surface area contributed by atoms with Crippen LogP contribution >= 0.6 is 0 Å². The maximum Gasteiger partial charge on any atom is 0.151 e. The topological polar surface area (TPSA) is 49.2 Å². The van der Waals surface area contributed by atoms with Crippen LogP contribution in [0.3, 0.4) is 0 Å². The number of aromatic nitrogens is 2. The van der Waals surface area contributed by atoms with E-state index in [-0.39, 0.29) is 6.10 Å². The van der Waals surface area contributed by atoms with Crippen LogP contribution < -0.4 is 4.90 Å². The van der Waals surface area contributed by atoms with Gasteiger partial charge in [0.25, 0.3) is 0 Å². The van der Waals surface area contributed by atoms with E-state index >= 15 is 0 Å². The van der Waals surface area contributed by atoms with E-state index in [1.54, 1.807) is 6.20 Å². The maximum atomic E-state index is 9.45. The second-order valence-electron chi connectivity index (χ2n) is 3.32. The van der Waals surface area contributed by atoms with Gasteiger partial charge in [0, 0.05) is 19.3 Å². The lowest BCUT2D eigenvalue weighted by atomic mass is 10.1. The Kier molecular flexibility index (Phi) is 2.40. The number of rotatable bonds is 1. The molecule has 0 spiro atoms. The third kappa shape index (κ3) is 1.95. The van der Waals surface area contributed by atoms with Gasteiger partial charge in [-0.3, -0.25) is 0 Å². The van der Waals surface area contributed by atoms with Crippen LogP contribution in [0.15, 0.2) is 18.3 Å². The third-order valence-corrected chi connectivity index (χ3v) is 2.28. The summed E-state index contributed by atoms with van der Waals surface area (Å²) in [6.07, 6.45) is 3.37. The Morgan fingerprint density at radius 2 is 2.46 bits per heavy atom. The highest BCUT2D eigenvalue weighted by molar-refractivity contribution is 5.36. The molecule has 1 aromatic rings. The summed E-state index contributed by atoms with van der Waals surface area (Å²) in [6.45, 7) is 1.65. The van der Waals surface area contributed by atoms with Crippen molar-refractivity contribution >= 4 is 5.82 Å². The van der Waals surface area contributed by atoms with E-state index in [2.05, 4.69) is 15.1 Å². The third-order valence-electron chi connectivity index (χ3n) is 2.28. The maximum absolute atomic E-state index is 9.45. The molecule has 0 aliphatic carbocycles. The molecular weight excluding hydrogens is 166 g/mol. The second kappa shape index (κ2) is 3.70. The van der Waals surface area contributed by atoms with Crippen molar-refractivity contribution in [1.82, 2.24) is 10.2 Å². The van der Waals surface area contributed by atoms with Gasteiger partial charge in [0.15, 0.2) is 5.82 Å². The van der Waals surface area contributed by atoms with Gasteiger partial charge in [-0.1, -0.05) is 0 Å². The smallest absolute Gasteiger partial charge is 0.151 e. The molecule has 0 bridgehead atoms. The number of hydrogen-bond donors (Lipinski definition) is 1. The zero-order chi connectivity index (χ0) is 9.10. The first-order chi connectivity index (χ1) is 6.36. The molecule has 1 aliphatic heterocycles. The van der Waals surface area contributed by atoms with Gasteiger partial charge in [-0.25, -0.2) is 0 Å². The number of nitrogens with zero attached hydrogens (tertiary/aromatic N) is 3. The fraction of sp³-hybridized carbons (Fsp3) is 0.556. The molecule has 2 heterocycles. The molecule has 0 radical (unpaired) electrons. The van der Waals surface area contributed by atoms with Crippen LogP contribution in [0, 0.1) is 0 Å². The van der Waals surface area contributed by atoms with E-state index in [9.17, 15) is 5.11 Å². The van der Waals surface area contributed by atoms with Crippen molar-refractivity contribution in [2.24, 2.45) is 0 Å². The van der Waals surface area contributed by atoms with Crippen molar-refractivity contribution in [2.45, 2.75) is 18.9 Å². The summed E-state index contributed by atoms with van der Waals surface area (Å²) in [5.41, 5.74) is 0. The number of β-amino-alcohol motifs (C(OH)–C–C–N with tert-alkyl or cyclic N) is 1. The quantitative estimate of drug-likeness (QED) is 0.679. The first-order valence-corrected chi connectivity index (χ1v) is 4.57. The summed E-state index contributed by atoms with van der Waals surface area (Å²) in [7, 11) is 0. The molecule has 2 rings (SSSR count). The highest BCUT2D eigenvalue weighted by Gasteiger charge is 2.18. The summed E-state index contributed by atoms with van der Waals surface area (Å²) in [5, 5.41) is 17.3. The molecule has 70 valence electrons. The molecule has 1 N–H and O–H groups in total. The molecule has 1 atom stereocenters. The Balaban J connectivity index is 2.08. The fourth-order valence-electron chi connectivity index (χ4n) is 1.62. The van der Waals surface area contributed by atoms with E-state index in [4.69, 9.17) is 0 Å². The van der Waals surface area contributed by atoms with Gasteiger partial charge in [0.2, 0.25) is 0 Å². The molecule has 0 unspecified atom stereocenters. The largest absolute Gasteiger partial charge is 0.391 e. The number of hydrogen-bond acceptors (Lipinski definition) is 4. The number of aliphatic hydroxyl groups excluding tert-OH is 1. The minimum absolute atomic E-state index is 0.212. The van der Waals surface area contributed by atoms with Crippen molar-refractivity contribution in [3.05, 3.63) is 18.3 Å². The zero-order valence-electron chi connectivity index (χ0n) is 7.43. The lowest BCUT2D eigenvalue weighted by molar-refractivity contribution is 0.154. The zero-order valence-corrected chi connectivity index (χ0v) is 7.43. The van der Waals surface area contributed by atoms with Crippen LogP contribution in [0.1, 0.15) is 12.8 Å². The van der Waals surface area contributed by atoms with E-state index in [0.717, 1.165) is 25.2 Å². The number of piperidine rings is 1. The molecule has 0 aromatic carbocycles. The van der Waals surface area contributed by atoms with Crippen LogP contribution in [0.2, 0.25) is 0 Å². The van der Waals surface area contributed by atoms with Crippen molar-refractivity contribution in [1.29, 1.82) is 0 Å². The van der Waals surface area contributed by atoms with Crippen molar-refractivity contribution in [3.8, 4) is 0 Å². The van der Waals surface area contributed by atoms with E-state index in [0.29, 0.717) is 6.54 Å². The van der Waals surface area contributed by atoms with Crippen molar-refractivity contribution in [3.63, 3.8) is 0 Å². The highest BCUT2D eigenvalue weighted by atomic mass is 16.3. The SMILES string of the molecule is O[C@H]1CCCN(c2cccnn2)C1. The van der Waals surface area contributed by atoms with Gasteiger partial charge in [-0.15, -0.1) is 5.10 Å². The molecule has 1 aliphatic rings. The van der Waals surface area contributed by atoms with Crippen LogP contribution in [0.4, 0.5) is 5.82 Å². The summed E-state index contributed by atoms with van der Waals surface area (Å²) < 4.78 is 0. The Morgan fingerprint density at radius 3 is 3.15 bits per heavy atom. The molecule has 4 nitrogen and oxygen atoms in total. The first kappa shape index (κ1) is 8.44. The predicted molar refractivity (Wildman–Crippen MR) is 49.5 cm³/mol. The van der Waals surface area contributed by atoms with Crippen LogP contribution in [0.5, 0.6) is 0 Å². The summed E-state index contributed by atoms with van der Waals surface area (Å²) in [4.78, 5) is 2.07. The van der Waals surface area contributed by atoms with Crippen LogP contribution in [0.25, 0.3) is 0 Å². The Bertz CT molecular complexity index is 265. The average molecular weight is 179 g/mol. The van der Waals surface area contributed by atoms with E-state index in [1.165, 1.54) is 0 Å². The van der Waals surface area contributed by atoms with Gasteiger partial charge >= 0.3 is 0 Å². The minimum atomic E-state index is -0.212. The van der Waals surface area contributed by atoms with Gasteiger partial charge in [-0.2, -0.15) is 5.10 Å². The average Bonchev–Trinajstić information content (AvgIpc) is 2.19. The van der Waals surface area contributed by atoms with Crippen molar-refractivity contribution < 1.29 is 5.11 Å².